The van der Waals surface area contributed by atoms with Crippen molar-refractivity contribution in [3.63, 3.8) is 0 Å². The highest BCUT2D eigenvalue weighted by molar-refractivity contribution is 5.77. The number of ether oxygens (including phenoxy) is 2. The van der Waals surface area contributed by atoms with Gasteiger partial charge in [-0.15, -0.1) is 0 Å². The van der Waals surface area contributed by atoms with E-state index in [1.807, 2.05) is 5.32 Å². The molecule has 1 rings (SSSR count). The lowest BCUT2D eigenvalue weighted by Crippen LogP contribution is -2.35. The minimum Gasteiger partial charge on any atom is -0.465 e. The van der Waals surface area contributed by atoms with Crippen LogP contribution < -0.4 is 5.32 Å². The van der Waals surface area contributed by atoms with E-state index < -0.39 is 24.0 Å². The summed E-state index contributed by atoms with van der Waals surface area (Å²) in [4.78, 5) is 21.1. The van der Waals surface area contributed by atoms with Crippen LogP contribution in [0.1, 0.15) is 13.8 Å². The molecular formula is C7H11NO5. The van der Waals surface area contributed by atoms with E-state index in [0.717, 1.165) is 0 Å². The molecule has 0 aromatic rings. The first-order valence-electron chi connectivity index (χ1n) is 3.78. The van der Waals surface area contributed by atoms with Crippen LogP contribution >= 0.6 is 0 Å². The van der Waals surface area contributed by atoms with Crippen LogP contribution in [0.3, 0.4) is 0 Å². The van der Waals surface area contributed by atoms with Crippen molar-refractivity contribution in [2.45, 2.75) is 25.7 Å². The molecule has 1 aliphatic heterocycles. The molecule has 0 spiro atoms. The number of amides is 1. The van der Waals surface area contributed by atoms with E-state index in [1.165, 1.54) is 0 Å². The van der Waals surface area contributed by atoms with E-state index in [-0.39, 0.29) is 6.54 Å². The molecule has 1 atom stereocenters. The third-order valence-electron chi connectivity index (χ3n) is 1.47. The number of rotatable bonds is 2. The second kappa shape index (κ2) is 3.21. The number of carbonyl (C=O) groups excluding carboxylic acids is 1. The Morgan fingerprint density at radius 1 is 1.69 bits per heavy atom. The number of hydrogen-bond acceptors (Lipinski definition) is 4. The molecule has 74 valence electrons. The molecule has 0 radical (unpaired) electrons. The molecule has 1 fully saturated rings. The van der Waals surface area contributed by atoms with Crippen molar-refractivity contribution in [2.75, 3.05) is 6.54 Å². The Bertz CT molecular complexity index is 237. The van der Waals surface area contributed by atoms with Crippen LogP contribution in [0.4, 0.5) is 4.79 Å². The highest BCUT2D eigenvalue weighted by Gasteiger charge is 2.40. The van der Waals surface area contributed by atoms with Gasteiger partial charge in [-0.25, -0.2) is 9.59 Å². The van der Waals surface area contributed by atoms with E-state index in [1.54, 1.807) is 13.8 Å². The topological polar surface area (TPSA) is 84.9 Å². The summed E-state index contributed by atoms with van der Waals surface area (Å²) in [5.41, 5.74) is 0. The van der Waals surface area contributed by atoms with Gasteiger partial charge in [-0.3, -0.25) is 0 Å². The van der Waals surface area contributed by atoms with Crippen LogP contribution in [0, 0.1) is 0 Å². The van der Waals surface area contributed by atoms with Gasteiger partial charge >= 0.3 is 12.1 Å². The van der Waals surface area contributed by atoms with E-state index in [2.05, 4.69) is 0 Å². The number of carboxylic acid groups (broad SMARTS) is 1. The SMILES string of the molecule is CC1(C)OC(=O)[C@@H](CNC(=O)O)O1. The largest absolute Gasteiger partial charge is 0.465 e. The second-order valence-corrected chi connectivity index (χ2v) is 3.11. The Morgan fingerprint density at radius 3 is 2.69 bits per heavy atom. The lowest BCUT2D eigenvalue weighted by Gasteiger charge is -2.14. The monoisotopic (exact) mass is 189 g/mol. The molecule has 2 N–H and O–H groups in total. The van der Waals surface area contributed by atoms with Gasteiger partial charge in [0.25, 0.3) is 0 Å². The molecule has 0 bridgehead atoms. The third kappa shape index (κ3) is 2.59. The van der Waals surface area contributed by atoms with Gasteiger partial charge in [-0.2, -0.15) is 0 Å². The average Bonchev–Trinajstić information content (AvgIpc) is 2.20. The number of cyclic esters (lactones) is 1. The summed E-state index contributed by atoms with van der Waals surface area (Å²) in [6.07, 6.45) is -2.03. The number of nitrogens with one attached hydrogen (secondary N) is 1. The van der Waals surface area contributed by atoms with E-state index in [9.17, 15) is 9.59 Å². The lowest BCUT2D eigenvalue weighted by molar-refractivity contribution is -0.160. The Labute approximate surface area is 74.8 Å². The van der Waals surface area contributed by atoms with Crippen LogP contribution in [-0.2, 0) is 14.3 Å². The zero-order valence-electron chi connectivity index (χ0n) is 7.36. The molecule has 6 heteroatoms. The van der Waals surface area contributed by atoms with Gasteiger partial charge in [0, 0.05) is 13.8 Å². The maximum absolute atomic E-state index is 11.0. The summed E-state index contributed by atoms with van der Waals surface area (Å²) in [5.74, 6) is -1.50. The molecule has 0 aliphatic carbocycles. The van der Waals surface area contributed by atoms with Crippen LogP contribution in [0.2, 0.25) is 0 Å². The summed E-state index contributed by atoms with van der Waals surface area (Å²) in [6.45, 7) is 3.09. The molecular weight excluding hydrogens is 178 g/mol. The first-order chi connectivity index (χ1) is 5.91. The van der Waals surface area contributed by atoms with Crippen LogP contribution in [0.15, 0.2) is 0 Å². The maximum atomic E-state index is 11.0. The highest BCUT2D eigenvalue weighted by Crippen LogP contribution is 2.22. The van der Waals surface area contributed by atoms with E-state index in [0.29, 0.717) is 0 Å². The number of hydrogen-bond donors (Lipinski definition) is 2. The van der Waals surface area contributed by atoms with Crippen LogP contribution in [0.25, 0.3) is 0 Å². The molecule has 1 amide bonds. The molecule has 1 heterocycles. The Morgan fingerprint density at radius 2 is 2.31 bits per heavy atom. The standard InChI is InChI=1S/C7H11NO5/c1-7(2)12-4(5(9)13-7)3-8-6(10)11/h4,8H,3H2,1-2H3,(H,10,11)/t4-/m1/s1. The first-order valence-corrected chi connectivity index (χ1v) is 3.78. The fourth-order valence-corrected chi connectivity index (χ4v) is 1.03. The smallest absolute Gasteiger partial charge is 0.404 e. The Balaban J connectivity index is 2.44. The van der Waals surface area contributed by atoms with E-state index >= 15 is 0 Å². The minimum absolute atomic E-state index is 0.0857. The number of esters is 1. The Hall–Kier alpha value is -1.30. The lowest BCUT2D eigenvalue weighted by atomic mass is 10.3. The molecule has 1 aliphatic rings. The van der Waals surface area contributed by atoms with Gasteiger partial charge in [0.1, 0.15) is 0 Å². The van der Waals surface area contributed by atoms with Crippen LogP contribution in [0.5, 0.6) is 0 Å². The van der Waals surface area contributed by atoms with Crippen molar-refractivity contribution in [2.24, 2.45) is 0 Å². The second-order valence-electron chi connectivity index (χ2n) is 3.11. The molecule has 6 nitrogen and oxygen atoms in total. The Kier molecular flexibility index (Phi) is 2.42. The molecule has 0 aromatic heterocycles. The van der Waals surface area contributed by atoms with Crippen molar-refractivity contribution in [1.82, 2.24) is 5.32 Å². The fraction of sp³-hybridized carbons (Fsp3) is 0.714. The van der Waals surface area contributed by atoms with Gasteiger partial charge in [-0.05, 0) is 0 Å². The molecule has 13 heavy (non-hydrogen) atoms. The van der Waals surface area contributed by atoms with Gasteiger partial charge < -0.3 is 19.9 Å². The molecule has 0 saturated carbocycles. The van der Waals surface area contributed by atoms with Crippen molar-refractivity contribution in [3.8, 4) is 0 Å². The van der Waals surface area contributed by atoms with Gasteiger partial charge in [-0.1, -0.05) is 0 Å². The zero-order chi connectivity index (χ0) is 10.1. The molecule has 0 aromatic carbocycles. The van der Waals surface area contributed by atoms with Crippen LogP contribution in [-0.4, -0.2) is 35.6 Å². The number of carbonyl (C=O) groups is 2. The quantitative estimate of drug-likeness (QED) is 0.594. The predicted octanol–water partition coefficient (Wildman–Crippen LogP) is -0.0679. The first kappa shape index (κ1) is 9.79. The fourth-order valence-electron chi connectivity index (χ4n) is 1.03. The normalized spacial score (nSPS) is 25.4. The molecule has 1 saturated heterocycles. The third-order valence-corrected chi connectivity index (χ3v) is 1.47. The van der Waals surface area contributed by atoms with Gasteiger partial charge in [0.2, 0.25) is 5.79 Å². The summed E-state index contributed by atoms with van der Waals surface area (Å²) in [5, 5.41) is 10.3. The van der Waals surface area contributed by atoms with Gasteiger partial charge in [0.15, 0.2) is 6.10 Å². The minimum atomic E-state index is -1.19. The summed E-state index contributed by atoms with van der Waals surface area (Å²) >= 11 is 0. The van der Waals surface area contributed by atoms with Crippen molar-refractivity contribution < 1.29 is 24.2 Å². The zero-order valence-corrected chi connectivity index (χ0v) is 7.36. The summed E-state index contributed by atoms with van der Waals surface area (Å²) < 4.78 is 9.91. The molecule has 0 unspecified atom stereocenters. The average molecular weight is 189 g/mol. The summed E-state index contributed by atoms with van der Waals surface area (Å²) in [6, 6.07) is 0. The van der Waals surface area contributed by atoms with Gasteiger partial charge in [0.05, 0.1) is 6.54 Å². The van der Waals surface area contributed by atoms with Crippen molar-refractivity contribution in [3.05, 3.63) is 0 Å². The van der Waals surface area contributed by atoms with Crippen molar-refractivity contribution in [1.29, 1.82) is 0 Å². The predicted molar refractivity (Wildman–Crippen MR) is 41.1 cm³/mol. The highest BCUT2D eigenvalue weighted by atomic mass is 16.8. The summed E-state index contributed by atoms with van der Waals surface area (Å²) in [7, 11) is 0. The maximum Gasteiger partial charge on any atom is 0.404 e. The van der Waals surface area contributed by atoms with Crippen molar-refractivity contribution >= 4 is 12.1 Å². The van der Waals surface area contributed by atoms with E-state index in [4.69, 9.17) is 14.6 Å².